The summed E-state index contributed by atoms with van der Waals surface area (Å²) in [5.41, 5.74) is 0.292. The Bertz CT molecular complexity index is 701. The molecule has 1 aliphatic heterocycles. The van der Waals surface area contributed by atoms with Gasteiger partial charge in [0.2, 0.25) is 5.91 Å². The lowest BCUT2D eigenvalue weighted by atomic mass is 9.31. The van der Waals surface area contributed by atoms with Crippen LogP contribution in [0.3, 0.4) is 0 Å². The number of hydrogen-bond donors (Lipinski definition) is 0. The summed E-state index contributed by atoms with van der Waals surface area (Å²) in [4.78, 5) is 26.1. The molecule has 1 aliphatic rings. The van der Waals surface area contributed by atoms with Gasteiger partial charge in [-0.15, -0.1) is 0 Å². The lowest BCUT2D eigenvalue weighted by Crippen LogP contribution is -2.54. The van der Waals surface area contributed by atoms with Gasteiger partial charge in [0.05, 0.1) is 34.1 Å². The third kappa shape index (κ3) is 5.27. The molecule has 9 heteroatoms. The van der Waals surface area contributed by atoms with Crippen LogP contribution < -0.4 is 0 Å². The number of benzene rings is 1. The van der Waals surface area contributed by atoms with Crippen molar-refractivity contribution in [2.75, 3.05) is 19.7 Å². The highest BCUT2D eigenvalue weighted by atomic mass is 16.5. The summed E-state index contributed by atoms with van der Waals surface area (Å²) < 4.78 is 10.3. The second-order valence-corrected chi connectivity index (χ2v) is 6.84. The summed E-state index contributed by atoms with van der Waals surface area (Å²) in [5, 5.41) is -3.75. The van der Waals surface area contributed by atoms with Crippen molar-refractivity contribution in [3.8, 4) is 0 Å². The number of piperidine rings is 1. The summed E-state index contributed by atoms with van der Waals surface area (Å²) in [6, 6.07) is 8.30. The van der Waals surface area contributed by atoms with Crippen LogP contribution in [0, 0.1) is 5.92 Å². The van der Waals surface area contributed by atoms with E-state index in [1.54, 1.807) is 35.2 Å². The lowest BCUT2D eigenvalue weighted by Gasteiger charge is -2.51. The first-order chi connectivity index (χ1) is 13.2. The van der Waals surface area contributed by atoms with Crippen molar-refractivity contribution in [1.82, 2.24) is 4.90 Å². The molecule has 0 N–H and O–H groups in total. The third-order valence-corrected chi connectivity index (χ3v) is 4.90. The molecule has 1 heterocycles. The number of esters is 1. The summed E-state index contributed by atoms with van der Waals surface area (Å²) in [5.74, 6) is -1.21. The van der Waals surface area contributed by atoms with Crippen LogP contribution in [-0.2, 0) is 14.3 Å². The highest BCUT2D eigenvalue weighted by Gasteiger charge is 2.44. The van der Waals surface area contributed by atoms with Crippen LogP contribution in [0.25, 0.3) is 0 Å². The van der Waals surface area contributed by atoms with Gasteiger partial charge in [0.25, 0.3) is 0 Å². The molecular formula is C19H21B4NO4. The monoisotopic (exact) mass is 371 g/mol. The summed E-state index contributed by atoms with van der Waals surface area (Å²) in [7, 11) is 24.5. The van der Waals surface area contributed by atoms with Crippen LogP contribution in [0.5, 0.6) is 0 Å². The van der Waals surface area contributed by atoms with Gasteiger partial charge in [0.1, 0.15) is 15.7 Å². The molecule has 138 valence electrons. The van der Waals surface area contributed by atoms with Crippen LogP contribution in [0.4, 0.5) is 0 Å². The maximum Gasteiger partial charge on any atom is 0.337 e. The number of nitrogens with zero attached hydrogens (tertiary/aromatic N) is 1. The molecule has 0 saturated carbocycles. The molecule has 0 atom stereocenters. The van der Waals surface area contributed by atoms with E-state index in [0.717, 1.165) is 0 Å². The predicted octanol–water partition coefficient (Wildman–Crippen LogP) is 1.08. The van der Waals surface area contributed by atoms with Crippen molar-refractivity contribution in [3.63, 3.8) is 0 Å². The molecule has 1 fully saturated rings. The van der Waals surface area contributed by atoms with Gasteiger partial charge >= 0.3 is 5.97 Å². The number of carbonyl (C=O) groups is 2. The van der Waals surface area contributed by atoms with Gasteiger partial charge in [-0.05, 0) is 37.8 Å². The molecule has 1 aromatic rings. The average Bonchev–Trinajstić information content (AvgIpc) is 2.68. The minimum absolute atomic E-state index is 0.159. The molecule has 1 amide bonds. The number of carbonyl (C=O) groups excluding carboxylic acids is 2. The highest BCUT2D eigenvalue weighted by Crippen LogP contribution is 2.44. The molecule has 0 bridgehead atoms. The normalized spacial score (nSPS) is 16.1. The van der Waals surface area contributed by atoms with Gasteiger partial charge in [-0.1, -0.05) is 23.4 Å². The van der Waals surface area contributed by atoms with Gasteiger partial charge in [0.15, 0.2) is 0 Å². The van der Waals surface area contributed by atoms with Gasteiger partial charge in [-0.3, -0.25) is 4.79 Å². The zero-order chi connectivity index (χ0) is 20.8. The standard InChI is InChI=1S/C19H21B4NO4/c1-2-27-13-10-16(25)24-11-8-15(9-12-24)18(20,21)19(22,23)28-17(26)14-6-4-3-5-7-14/h3-7,10,13,15H,2,8-9,11-12H2,1H3/b13-10+. The Morgan fingerprint density at radius 2 is 1.75 bits per heavy atom. The number of likely N-dealkylation sites (tertiary alicyclic amines) is 1. The van der Waals surface area contributed by atoms with Crippen molar-refractivity contribution in [1.29, 1.82) is 0 Å². The van der Waals surface area contributed by atoms with Crippen molar-refractivity contribution in [2.45, 2.75) is 30.4 Å². The maximum absolute atomic E-state index is 12.3. The highest BCUT2D eigenvalue weighted by molar-refractivity contribution is 6.54. The molecule has 0 aromatic heterocycles. The summed E-state index contributed by atoms with van der Waals surface area (Å²) >= 11 is 0. The lowest BCUT2D eigenvalue weighted by molar-refractivity contribution is -0.127. The number of ether oxygens (including phenoxy) is 2. The second-order valence-electron chi connectivity index (χ2n) is 6.84. The zero-order valence-corrected chi connectivity index (χ0v) is 16.0. The Kier molecular flexibility index (Phi) is 7.50. The third-order valence-electron chi connectivity index (χ3n) is 4.90. The fraction of sp³-hybridized carbons (Fsp3) is 0.474. The first kappa shape index (κ1) is 22.3. The van der Waals surface area contributed by atoms with E-state index in [1.807, 2.05) is 6.92 Å². The van der Waals surface area contributed by atoms with E-state index in [-0.39, 0.29) is 11.8 Å². The minimum Gasteiger partial charge on any atom is -0.501 e. The zero-order valence-electron chi connectivity index (χ0n) is 16.0. The molecule has 5 nitrogen and oxygen atoms in total. The summed E-state index contributed by atoms with van der Waals surface area (Å²) in [6.45, 7) is 3.18. The van der Waals surface area contributed by atoms with E-state index in [1.165, 1.54) is 12.3 Å². The van der Waals surface area contributed by atoms with Crippen LogP contribution >= 0.6 is 0 Å². The van der Waals surface area contributed by atoms with Crippen molar-refractivity contribution < 1.29 is 19.1 Å². The Balaban J connectivity index is 1.98. The van der Waals surface area contributed by atoms with Gasteiger partial charge in [0, 0.05) is 24.6 Å². The number of amides is 1. The van der Waals surface area contributed by atoms with E-state index < -0.39 is 16.6 Å². The Labute approximate surface area is 171 Å². The van der Waals surface area contributed by atoms with Gasteiger partial charge < -0.3 is 14.4 Å². The van der Waals surface area contributed by atoms with E-state index in [0.29, 0.717) is 38.1 Å². The maximum atomic E-state index is 12.3. The smallest absolute Gasteiger partial charge is 0.337 e. The first-order valence-electron chi connectivity index (χ1n) is 9.20. The van der Waals surface area contributed by atoms with Crippen molar-refractivity contribution in [2.24, 2.45) is 5.92 Å². The SMILES string of the molecule is [B]C([B])(OC(=O)c1ccccc1)C([B])([B])C1CCN(C(=O)/C=C/OCC)CC1. The molecule has 1 saturated heterocycles. The van der Waals surface area contributed by atoms with E-state index in [2.05, 4.69) is 0 Å². The van der Waals surface area contributed by atoms with Crippen LogP contribution in [0.15, 0.2) is 42.7 Å². The molecule has 28 heavy (non-hydrogen) atoms. The first-order valence-corrected chi connectivity index (χ1v) is 9.20. The fourth-order valence-electron chi connectivity index (χ4n) is 3.08. The molecule has 0 spiro atoms. The molecule has 0 unspecified atom stereocenters. The summed E-state index contributed by atoms with van der Waals surface area (Å²) in [6.07, 6.45) is 3.69. The average molecular weight is 371 g/mol. The number of hydrogen-bond acceptors (Lipinski definition) is 4. The van der Waals surface area contributed by atoms with E-state index in [4.69, 9.17) is 40.9 Å². The quantitative estimate of drug-likeness (QED) is 0.312. The number of rotatable bonds is 7. The topological polar surface area (TPSA) is 55.8 Å². The predicted molar refractivity (Wildman–Crippen MR) is 110 cm³/mol. The van der Waals surface area contributed by atoms with Gasteiger partial charge in [-0.25, -0.2) is 4.79 Å². The molecular weight excluding hydrogens is 349 g/mol. The van der Waals surface area contributed by atoms with Crippen LogP contribution in [-0.4, -0.2) is 73.3 Å². The van der Waals surface area contributed by atoms with Gasteiger partial charge in [-0.2, -0.15) is 0 Å². The van der Waals surface area contributed by atoms with E-state index >= 15 is 0 Å². The van der Waals surface area contributed by atoms with E-state index in [9.17, 15) is 9.59 Å². The molecule has 2 rings (SSSR count). The van der Waals surface area contributed by atoms with Crippen molar-refractivity contribution >= 4 is 43.3 Å². The molecule has 1 aromatic carbocycles. The Hall–Kier alpha value is -2.04. The Morgan fingerprint density at radius 1 is 1.14 bits per heavy atom. The minimum atomic E-state index is -2.08. The largest absolute Gasteiger partial charge is 0.501 e. The fourth-order valence-corrected chi connectivity index (χ4v) is 3.08. The molecule has 8 radical (unpaired) electrons. The van der Waals surface area contributed by atoms with Crippen LogP contribution in [0.1, 0.15) is 30.1 Å². The molecule has 0 aliphatic carbocycles. The van der Waals surface area contributed by atoms with Crippen LogP contribution in [0.2, 0.25) is 5.21 Å². The Morgan fingerprint density at radius 3 is 2.32 bits per heavy atom. The second kappa shape index (κ2) is 9.44. The van der Waals surface area contributed by atoms with Crippen molar-refractivity contribution in [3.05, 3.63) is 48.2 Å².